The number of halogens is 1. The summed E-state index contributed by atoms with van der Waals surface area (Å²) >= 11 is 5.74. The third-order valence-electron chi connectivity index (χ3n) is 2.26. The molecule has 7 nitrogen and oxygen atoms in total. The molecule has 3 rings (SSSR count). The van der Waals surface area contributed by atoms with Crippen LogP contribution in [0.5, 0.6) is 5.75 Å². The van der Waals surface area contributed by atoms with Gasteiger partial charge in [0, 0.05) is 5.02 Å². The number of benzene rings is 1. The molecule has 8 heteroatoms. The summed E-state index contributed by atoms with van der Waals surface area (Å²) in [6.07, 6.45) is 1.47. The minimum Gasteiger partial charge on any atom is -0.507 e. The highest BCUT2D eigenvalue weighted by molar-refractivity contribution is 6.30. The SMILES string of the molecule is Oc1cc(Cl)ccc1-c1nc(-c2cn[nH]n2)no1. The lowest BCUT2D eigenvalue weighted by Crippen LogP contribution is -1.82. The van der Waals surface area contributed by atoms with Gasteiger partial charge in [-0.3, -0.25) is 0 Å². The third kappa shape index (κ3) is 1.80. The molecule has 0 bridgehead atoms. The topological polar surface area (TPSA) is 101 Å². The molecule has 90 valence electrons. The van der Waals surface area contributed by atoms with Crippen molar-refractivity contribution in [3.05, 3.63) is 29.4 Å². The van der Waals surface area contributed by atoms with Crippen LogP contribution in [0.1, 0.15) is 0 Å². The largest absolute Gasteiger partial charge is 0.507 e. The first-order chi connectivity index (χ1) is 8.74. The smallest absolute Gasteiger partial charge is 0.262 e. The molecule has 0 fully saturated rings. The Morgan fingerprint density at radius 3 is 2.94 bits per heavy atom. The zero-order valence-corrected chi connectivity index (χ0v) is 9.59. The molecule has 2 heterocycles. The number of nitrogens with zero attached hydrogens (tertiary/aromatic N) is 4. The van der Waals surface area contributed by atoms with Crippen LogP contribution in [-0.4, -0.2) is 30.7 Å². The Balaban J connectivity index is 2.03. The molecular formula is C10H6ClN5O2. The van der Waals surface area contributed by atoms with Gasteiger partial charge in [0.05, 0.1) is 11.8 Å². The highest BCUT2D eigenvalue weighted by Gasteiger charge is 2.15. The van der Waals surface area contributed by atoms with E-state index in [1.165, 1.54) is 12.3 Å². The maximum Gasteiger partial charge on any atom is 0.262 e. The van der Waals surface area contributed by atoms with Crippen molar-refractivity contribution in [3.8, 4) is 28.7 Å². The van der Waals surface area contributed by atoms with Gasteiger partial charge in [0.2, 0.25) is 5.82 Å². The minimum atomic E-state index is -0.0298. The van der Waals surface area contributed by atoms with Crippen LogP contribution in [0.15, 0.2) is 28.9 Å². The summed E-state index contributed by atoms with van der Waals surface area (Å²) in [4.78, 5) is 4.11. The van der Waals surface area contributed by atoms with Crippen molar-refractivity contribution < 1.29 is 9.63 Å². The van der Waals surface area contributed by atoms with Gasteiger partial charge in [-0.25, -0.2) is 0 Å². The van der Waals surface area contributed by atoms with Crippen molar-refractivity contribution in [1.29, 1.82) is 0 Å². The van der Waals surface area contributed by atoms with E-state index in [2.05, 4.69) is 25.6 Å². The normalized spacial score (nSPS) is 10.7. The Morgan fingerprint density at radius 1 is 1.33 bits per heavy atom. The second kappa shape index (κ2) is 4.11. The fourth-order valence-corrected chi connectivity index (χ4v) is 1.60. The Hall–Kier alpha value is -2.41. The van der Waals surface area contributed by atoms with Gasteiger partial charge in [0.15, 0.2) is 5.69 Å². The number of aromatic hydroxyl groups is 1. The van der Waals surface area contributed by atoms with Crippen molar-refractivity contribution in [1.82, 2.24) is 25.6 Å². The van der Waals surface area contributed by atoms with Gasteiger partial charge in [0.1, 0.15) is 5.75 Å². The van der Waals surface area contributed by atoms with Crippen molar-refractivity contribution >= 4 is 11.6 Å². The lowest BCUT2D eigenvalue weighted by molar-refractivity contribution is 0.425. The lowest BCUT2D eigenvalue weighted by Gasteiger charge is -1.98. The zero-order chi connectivity index (χ0) is 12.5. The summed E-state index contributed by atoms with van der Waals surface area (Å²) in [6, 6.07) is 4.62. The Kier molecular flexibility index (Phi) is 2.45. The molecule has 3 aromatic rings. The summed E-state index contributed by atoms with van der Waals surface area (Å²) in [5, 5.41) is 23.8. The second-order valence-electron chi connectivity index (χ2n) is 3.44. The third-order valence-corrected chi connectivity index (χ3v) is 2.50. The predicted molar refractivity (Wildman–Crippen MR) is 61.8 cm³/mol. The summed E-state index contributed by atoms with van der Waals surface area (Å²) in [7, 11) is 0. The Morgan fingerprint density at radius 2 is 2.22 bits per heavy atom. The van der Waals surface area contributed by atoms with Crippen LogP contribution in [0.25, 0.3) is 23.0 Å². The first kappa shape index (κ1) is 10.7. The standard InChI is InChI=1S/C10H6ClN5O2/c11-5-1-2-6(8(17)3-5)10-13-9(15-18-10)7-4-12-16-14-7/h1-4,17H,(H,12,14,16). The van der Waals surface area contributed by atoms with Crippen LogP contribution in [-0.2, 0) is 0 Å². The molecule has 0 saturated carbocycles. The number of nitrogens with one attached hydrogen (secondary N) is 1. The van der Waals surface area contributed by atoms with Gasteiger partial charge in [-0.1, -0.05) is 16.8 Å². The monoisotopic (exact) mass is 263 g/mol. The number of aromatic nitrogens is 5. The molecule has 0 amide bonds. The summed E-state index contributed by atoms with van der Waals surface area (Å²) < 4.78 is 5.05. The molecule has 0 unspecified atom stereocenters. The molecule has 0 radical (unpaired) electrons. The lowest BCUT2D eigenvalue weighted by atomic mass is 10.2. The number of aromatic amines is 1. The highest BCUT2D eigenvalue weighted by Crippen LogP contribution is 2.31. The van der Waals surface area contributed by atoms with Crippen molar-refractivity contribution in [2.24, 2.45) is 0 Å². The van der Waals surface area contributed by atoms with Gasteiger partial charge in [-0.2, -0.15) is 20.4 Å². The van der Waals surface area contributed by atoms with Gasteiger partial charge >= 0.3 is 0 Å². The molecular weight excluding hydrogens is 258 g/mol. The zero-order valence-electron chi connectivity index (χ0n) is 8.83. The fourth-order valence-electron chi connectivity index (χ4n) is 1.43. The van der Waals surface area contributed by atoms with Gasteiger partial charge in [0.25, 0.3) is 5.89 Å². The van der Waals surface area contributed by atoms with E-state index in [4.69, 9.17) is 16.1 Å². The number of hydrogen-bond acceptors (Lipinski definition) is 6. The molecule has 18 heavy (non-hydrogen) atoms. The Labute approximate surface area is 105 Å². The van der Waals surface area contributed by atoms with E-state index < -0.39 is 0 Å². The van der Waals surface area contributed by atoms with Crippen LogP contribution in [0.4, 0.5) is 0 Å². The average Bonchev–Trinajstić information content (AvgIpc) is 2.99. The molecule has 0 atom stereocenters. The molecule has 0 aliphatic heterocycles. The van der Waals surface area contributed by atoms with E-state index in [1.807, 2.05) is 0 Å². The maximum absolute atomic E-state index is 9.74. The second-order valence-corrected chi connectivity index (χ2v) is 3.88. The number of phenolic OH excluding ortho intramolecular Hbond substituents is 1. The van der Waals surface area contributed by atoms with E-state index >= 15 is 0 Å². The molecule has 0 spiro atoms. The van der Waals surface area contributed by atoms with E-state index in [-0.39, 0.29) is 17.5 Å². The summed E-state index contributed by atoms with van der Waals surface area (Å²) in [5.74, 6) is 0.438. The predicted octanol–water partition coefficient (Wildman–Crippen LogP) is 1.88. The van der Waals surface area contributed by atoms with Crippen molar-refractivity contribution in [3.63, 3.8) is 0 Å². The molecule has 0 aliphatic carbocycles. The first-order valence-corrected chi connectivity index (χ1v) is 5.30. The highest BCUT2D eigenvalue weighted by atomic mass is 35.5. The summed E-state index contributed by atoms with van der Waals surface area (Å²) in [6.45, 7) is 0. The number of phenols is 1. The molecule has 1 aromatic carbocycles. The quantitative estimate of drug-likeness (QED) is 0.732. The van der Waals surface area contributed by atoms with Crippen molar-refractivity contribution in [2.45, 2.75) is 0 Å². The van der Waals surface area contributed by atoms with Gasteiger partial charge in [-0.05, 0) is 18.2 Å². The van der Waals surface area contributed by atoms with Crippen molar-refractivity contribution in [2.75, 3.05) is 0 Å². The minimum absolute atomic E-state index is 0.0298. The van der Waals surface area contributed by atoms with Crippen LogP contribution < -0.4 is 0 Å². The van der Waals surface area contributed by atoms with Crippen LogP contribution in [0, 0.1) is 0 Å². The van der Waals surface area contributed by atoms with E-state index in [0.29, 0.717) is 16.3 Å². The van der Waals surface area contributed by atoms with E-state index in [1.54, 1.807) is 12.1 Å². The van der Waals surface area contributed by atoms with E-state index in [0.717, 1.165) is 0 Å². The first-order valence-electron chi connectivity index (χ1n) is 4.93. The number of rotatable bonds is 2. The molecule has 0 saturated heterocycles. The maximum atomic E-state index is 9.74. The molecule has 2 aromatic heterocycles. The summed E-state index contributed by atoms with van der Waals surface area (Å²) in [5.41, 5.74) is 0.861. The van der Waals surface area contributed by atoms with Crippen LogP contribution in [0.2, 0.25) is 5.02 Å². The van der Waals surface area contributed by atoms with Gasteiger partial charge in [-0.15, -0.1) is 0 Å². The fraction of sp³-hybridized carbons (Fsp3) is 0. The van der Waals surface area contributed by atoms with Gasteiger partial charge < -0.3 is 9.63 Å². The molecule has 0 aliphatic rings. The number of H-pyrrole nitrogens is 1. The number of hydrogen-bond donors (Lipinski definition) is 2. The van der Waals surface area contributed by atoms with E-state index in [9.17, 15) is 5.11 Å². The average molecular weight is 264 g/mol. The van der Waals surface area contributed by atoms with Crippen LogP contribution >= 0.6 is 11.6 Å². The molecule has 2 N–H and O–H groups in total. The van der Waals surface area contributed by atoms with Crippen LogP contribution in [0.3, 0.4) is 0 Å². The Bertz CT molecular complexity index is 679.